The van der Waals surface area contributed by atoms with E-state index in [2.05, 4.69) is 25.3 Å². The summed E-state index contributed by atoms with van der Waals surface area (Å²) < 4.78 is 0. The lowest BCUT2D eigenvalue weighted by molar-refractivity contribution is 0.0928. The largest absolute Gasteiger partial charge is 0.341 e. The van der Waals surface area contributed by atoms with Crippen molar-refractivity contribution in [1.29, 1.82) is 0 Å². The van der Waals surface area contributed by atoms with Gasteiger partial charge >= 0.3 is 0 Å². The molecular weight excluding hydrogens is 310 g/mol. The number of para-hydroxylation sites is 2. The van der Waals surface area contributed by atoms with Gasteiger partial charge in [0.25, 0.3) is 5.91 Å². The van der Waals surface area contributed by atoms with Crippen LogP contribution < -0.4 is 5.32 Å². The van der Waals surface area contributed by atoms with Gasteiger partial charge in [-0.05, 0) is 30.6 Å². The number of fused-ring (bicyclic) bond motifs is 1. The average molecular weight is 327 g/mol. The smallest absolute Gasteiger partial charge is 0.272 e. The number of hydrogen-bond donors (Lipinski definition) is 2. The molecule has 0 bridgehead atoms. The number of benzene rings is 1. The zero-order valence-electron chi connectivity index (χ0n) is 12.7. The van der Waals surface area contributed by atoms with Crippen molar-refractivity contribution in [3.63, 3.8) is 0 Å². The summed E-state index contributed by atoms with van der Waals surface area (Å²) >= 11 is 1.73. The number of aromatic nitrogens is 4. The third-order valence-corrected chi connectivity index (χ3v) is 4.09. The molecule has 0 unspecified atom stereocenters. The molecule has 118 valence electrons. The number of carbonyl (C=O) groups excluding carboxylic acids is 1. The Morgan fingerprint density at radius 3 is 2.96 bits per heavy atom. The second-order valence-corrected chi connectivity index (χ2v) is 6.02. The molecule has 0 aliphatic rings. The Labute approximate surface area is 138 Å². The Morgan fingerprint density at radius 1 is 1.35 bits per heavy atom. The van der Waals surface area contributed by atoms with E-state index in [4.69, 9.17) is 0 Å². The van der Waals surface area contributed by atoms with Crippen molar-refractivity contribution in [2.75, 3.05) is 12.0 Å². The van der Waals surface area contributed by atoms with Crippen LogP contribution in [0.4, 0.5) is 0 Å². The van der Waals surface area contributed by atoms with Crippen LogP contribution in [0.25, 0.3) is 11.0 Å². The van der Waals surface area contributed by atoms with Crippen molar-refractivity contribution in [2.24, 2.45) is 0 Å². The number of amides is 1. The summed E-state index contributed by atoms with van der Waals surface area (Å²) in [5, 5.41) is 3.00. The lowest BCUT2D eigenvalue weighted by atomic mass is 10.2. The van der Waals surface area contributed by atoms with E-state index < -0.39 is 0 Å². The third kappa shape index (κ3) is 3.68. The van der Waals surface area contributed by atoms with Gasteiger partial charge < -0.3 is 10.3 Å². The van der Waals surface area contributed by atoms with E-state index in [0.29, 0.717) is 5.69 Å². The molecule has 0 saturated carbocycles. The number of rotatable bonds is 6. The predicted octanol–water partition coefficient (Wildman–Crippen LogP) is 2.58. The normalized spacial score (nSPS) is 12.2. The van der Waals surface area contributed by atoms with E-state index in [-0.39, 0.29) is 11.9 Å². The second kappa shape index (κ2) is 7.23. The van der Waals surface area contributed by atoms with Crippen molar-refractivity contribution in [1.82, 2.24) is 25.3 Å². The molecule has 2 heterocycles. The fourth-order valence-electron chi connectivity index (χ4n) is 2.30. The molecule has 0 spiro atoms. The summed E-state index contributed by atoms with van der Waals surface area (Å²) in [4.78, 5) is 28.2. The molecule has 0 saturated heterocycles. The first kappa shape index (κ1) is 15.5. The van der Waals surface area contributed by atoms with Crippen LogP contribution in [0.5, 0.6) is 0 Å². The van der Waals surface area contributed by atoms with E-state index in [1.165, 1.54) is 12.4 Å². The number of imidazole rings is 1. The van der Waals surface area contributed by atoms with Crippen LogP contribution in [0.2, 0.25) is 0 Å². The molecule has 2 aromatic heterocycles. The molecule has 23 heavy (non-hydrogen) atoms. The van der Waals surface area contributed by atoms with Crippen molar-refractivity contribution in [3.8, 4) is 0 Å². The van der Waals surface area contributed by atoms with Crippen LogP contribution in [-0.2, 0) is 0 Å². The summed E-state index contributed by atoms with van der Waals surface area (Å²) in [6.45, 7) is 0. The minimum absolute atomic E-state index is 0.190. The Kier molecular flexibility index (Phi) is 4.87. The monoisotopic (exact) mass is 327 g/mol. The van der Waals surface area contributed by atoms with Crippen molar-refractivity contribution >= 4 is 28.7 Å². The highest BCUT2D eigenvalue weighted by Crippen LogP contribution is 2.20. The van der Waals surface area contributed by atoms with Crippen LogP contribution in [0.3, 0.4) is 0 Å². The summed E-state index contributed by atoms with van der Waals surface area (Å²) in [5.74, 6) is 1.43. The zero-order valence-corrected chi connectivity index (χ0v) is 13.5. The fourth-order valence-corrected chi connectivity index (χ4v) is 2.77. The molecule has 1 atom stereocenters. The van der Waals surface area contributed by atoms with Gasteiger partial charge in [-0.2, -0.15) is 11.8 Å². The van der Waals surface area contributed by atoms with Crippen molar-refractivity contribution in [2.45, 2.75) is 12.5 Å². The van der Waals surface area contributed by atoms with Gasteiger partial charge in [0.15, 0.2) is 0 Å². The molecule has 1 aromatic carbocycles. The molecule has 3 rings (SSSR count). The maximum Gasteiger partial charge on any atom is 0.272 e. The number of thioether (sulfide) groups is 1. The van der Waals surface area contributed by atoms with Gasteiger partial charge in [0, 0.05) is 12.4 Å². The maximum absolute atomic E-state index is 12.3. The van der Waals surface area contributed by atoms with E-state index in [0.717, 1.165) is 29.0 Å². The standard InChI is InChI=1S/C16H17N5OS/c1-23-9-6-13(21-16(22)14-10-17-7-8-18-14)15-19-11-4-2-3-5-12(11)20-15/h2-5,7-8,10,13H,6,9H2,1H3,(H,19,20)(H,21,22)/t13-/m0/s1. The van der Waals surface area contributed by atoms with Crippen molar-refractivity contribution < 1.29 is 4.79 Å². The summed E-state index contributed by atoms with van der Waals surface area (Å²) in [5.41, 5.74) is 2.16. The van der Waals surface area contributed by atoms with Crippen LogP contribution in [0, 0.1) is 0 Å². The van der Waals surface area contributed by atoms with Gasteiger partial charge in [0.05, 0.1) is 23.3 Å². The second-order valence-electron chi connectivity index (χ2n) is 5.04. The van der Waals surface area contributed by atoms with Crippen LogP contribution in [0.1, 0.15) is 28.8 Å². The van der Waals surface area contributed by atoms with Crippen LogP contribution >= 0.6 is 11.8 Å². The first-order chi connectivity index (χ1) is 11.3. The minimum atomic E-state index is -0.246. The Hall–Kier alpha value is -2.41. The van der Waals surface area contributed by atoms with Gasteiger partial charge in [0.1, 0.15) is 11.5 Å². The molecular formula is C16H17N5OS. The van der Waals surface area contributed by atoms with E-state index in [1.807, 2.05) is 30.5 Å². The molecule has 3 aromatic rings. The van der Waals surface area contributed by atoms with Gasteiger partial charge in [-0.1, -0.05) is 12.1 Å². The number of nitrogens with zero attached hydrogens (tertiary/aromatic N) is 3. The number of hydrogen-bond acceptors (Lipinski definition) is 5. The van der Waals surface area contributed by atoms with Gasteiger partial charge in [0.2, 0.25) is 0 Å². The van der Waals surface area contributed by atoms with Crippen molar-refractivity contribution in [3.05, 3.63) is 54.4 Å². The summed E-state index contributed by atoms with van der Waals surface area (Å²) in [6, 6.07) is 7.64. The Morgan fingerprint density at radius 2 is 2.22 bits per heavy atom. The first-order valence-electron chi connectivity index (χ1n) is 7.28. The number of nitrogens with one attached hydrogen (secondary N) is 2. The van der Waals surface area contributed by atoms with Gasteiger partial charge in [-0.3, -0.25) is 9.78 Å². The van der Waals surface area contributed by atoms with Crippen LogP contribution in [0.15, 0.2) is 42.9 Å². The molecule has 0 aliphatic carbocycles. The molecule has 1 amide bonds. The highest BCUT2D eigenvalue weighted by Gasteiger charge is 2.19. The molecule has 6 nitrogen and oxygen atoms in total. The zero-order chi connectivity index (χ0) is 16.1. The molecule has 0 radical (unpaired) electrons. The number of H-pyrrole nitrogens is 1. The summed E-state index contributed by atoms with van der Waals surface area (Å²) in [7, 11) is 0. The highest BCUT2D eigenvalue weighted by atomic mass is 32.2. The van der Waals surface area contributed by atoms with E-state index in [1.54, 1.807) is 18.0 Å². The van der Waals surface area contributed by atoms with Crippen LogP contribution in [-0.4, -0.2) is 37.9 Å². The molecule has 2 N–H and O–H groups in total. The minimum Gasteiger partial charge on any atom is -0.341 e. The average Bonchev–Trinajstić information content (AvgIpc) is 3.03. The summed E-state index contributed by atoms with van der Waals surface area (Å²) in [6.07, 6.45) is 7.33. The SMILES string of the molecule is CSCC[C@H](NC(=O)c1cnccn1)c1nc2ccccc2[nH]1. The number of aromatic amines is 1. The van der Waals surface area contributed by atoms with Gasteiger partial charge in [-0.25, -0.2) is 9.97 Å². The third-order valence-electron chi connectivity index (χ3n) is 3.45. The predicted molar refractivity (Wildman–Crippen MR) is 91.3 cm³/mol. The Balaban J connectivity index is 1.83. The lowest BCUT2D eigenvalue weighted by Gasteiger charge is -2.15. The molecule has 0 aliphatic heterocycles. The fraction of sp³-hybridized carbons (Fsp3) is 0.250. The van der Waals surface area contributed by atoms with E-state index in [9.17, 15) is 4.79 Å². The molecule has 0 fully saturated rings. The topological polar surface area (TPSA) is 83.6 Å². The van der Waals surface area contributed by atoms with E-state index >= 15 is 0 Å². The quantitative estimate of drug-likeness (QED) is 0.727. The molecule has 7 heteroatoms. The van der Waals surface area contributed by atoms with Gasteiger partial charge in [-0.15, -0.1) is 0 Å². The number of carbonyl (C=O) groups is 1. The highest BCUT2D eigenvalue weighted by molar-refractivity contribution is 7.98. The first-order valence-corrected chi connectivity index (χ1v) is 8.68. The maximum atomic E-state index is 12.3. The lowest BCUT2D eigenvalue weighted by Crippen LogP contribution is -2.30. The Bertz CT molecular complexity index is 756.